The van der Waals surface area contributed by atoms with Crippen molar-refractivity contribution in [2.45, 2.75) is 6.61 Å². The van der Waals surface area contributed by atoms with Crippen LogP contribution in [0.25, 0.3) is 0 Å². The van der Waals surface area contributed by atoms with Crippen LogP contribution in [-0.4, -0.2) is 12.5 Å². The summed E-state index contributed by atoms with van der Waals surface area (Å²) in [6, 6.07) is 21.7. The molecule has 0 aliphatic rings. The molecule has 0 radical (unpaired) electrons. The normalized spacial score (nSPS) is 10.2. The van der Waals surface area contributed by atoms with Gasteiger partial charge < -0.3 is 14.8 Å². The van der Waals surface area contributed by atoms with Crippen LogP contribution in [0.3, 0.4) is 0 Å². The number of rotatable bonds is 8. The standard InChI is InChI=1S/C23H20ClNO3/c1-2-15-27-20-13-9-19(10-14-20)25-23(26)17-7-11-21(12-8-17)28-16-18-5-3-4-6-22(18)24/h2-14H,1,15-16H2,(H,25,26). The summed E-state index contributed by atoms with van der Waals surface area (Å²) in [6.07, 6.45) is 1.68. The lowest BCUT2D eigenvalue weighted by atomic mass is 10.2. The maximum absolute atomic E-state index is 12.4. The quantitative estimate of drug-likeness (QED) is 0.496. The molecule has 4 nitrogen and oxygen atoms in total. The largest absolute Gasteiger partial charge is 0.490 e. The molecule has 3 rings (SSSR count). The molecular formula is C23H20ClNO3. The van der Waals surface area contributed by atoms with Crippen molar-refractivity contribution < 1.29 is 14.3 Å². The van der Waals surface area contributed by atoms with E-state index < -0.39 is 0 Å². The molecule has 0 saturated heterocycles. The van der Waals surface area contributed by atoms with E-state index in [-0.39, 0.29) is 5.91 Å². The van der Waals surface area contributed by atoms with Crippen molar-refractivity contribution in [2.75, 3.05) is 11.9 Å². The minimum absolute atomic E-state index is 0.197. The number of carbonyl (C=O) groups excluding carboxylic acids is 1. The first kappa shape index (κ1) is 19.5. The Balaban J connectivity index is 1.56. The minimum Gasteiger partial charge on any atom is -0.490 e. The number of hydrogen-bond acceptors (Lipinski definition) is 3. The van der Waals surface area contributed by atoms with E-state index in [0.29, 0.717) is 35.2 Å². The molecular weight excluding hydrogens is 374 g/mol. The average Bonchev–Trinajstić information content (AvgIpc) is 2.73. The number of hydrogen-bond donors (Lipinski definition) is 1. The lowest BCUT2D eigenvalue weighted by Crippen LogP contribution is -2.11. The van der Waals surface area contributed by atoms with Crippen molar-refractivity contribution in [3.63, 3.8) is 0 Å². The van der Waals surface area contributed by atoms with E-state index in [2.05, 4.69) is 11.9 Å². The van der Waals surface area contributed by atoms with Crippen LogP contribution < -0.4 is 14.8 Å². The van der Waals surface area contributed by atoms with E-state index in [0.717, 1.165) is 11.3 Å². The Morgan fingerprint density at radius 2 is 1.57 bits per heavy atom. The van der Waals surface area contributed by atoms with Crippen LogP contribution in [-0.2, 0) is 6.61 Å². The second-order valence-electron chi connectivity index (χ2n) is 5.98. The summed E-state index contributed by atoms with van der Waals surface area (Å²) in [6.45, 7) is 4.41. The van der Waals surface area contributed by atoms with Gasteiger partial charge in [0, 0.05) is 21.8 Å². The number of amides is 1. The zero-order valence-electron chi connectivity index (χ0n) is 15.2. The maximum Gasteiger partial charge on any atom is 0.255 e. The Hall–Kier alpha value is -3.24. The first-order valence-corrected chi connectivity index (χ1v) is 9.15. The van der Waals surface area contributed by atoms with Crippen LogP contribution >= 0.6 is 11.6 Å². The smallest absolute Gasteiger partial charge is 0.255 e. The number of nitrogens with one attached hydrogen (secondary N) is 1. The summed E-state index contributed by atoms with van der Waals surface area (Å²) >= 11 is 6.12. The number of ether oxygens (including phenoxy) is 2. The van der Waals surface area contributed by atoms with Crippen LogP contribution in [0, 0.1) is 0 Å². The molecule has 0 aliphatic carbocycles. The van der Waals surface area contributed by atoms with Crippen molar-refractivity contribution in [2.24, 2.45) is 0 Å². The van der Waals surface area contributed by atoms with Gasteiger partial charge in [-0.25, -0.2) is 0 Å². The summed E-state index contributed by atoms with van der Waals surface area (Å²) in [5.41, 5.74) is 2.14. The predicted octanol–water partition coefficient (Wildman–Crippen LogP) is 5.74. The van der Waals surface area contributed by atoms with Gasteiger partial charge in [0.2, 0.25) is 0 Å². The molecule has 28 heavy (non-hydrogen) atoms. The lowest BCUT2D eigenvalue weighted by molar-refractivity contribution is 0.102. The third-order valence-corrected chi connectivity index (χ3v) is 4.32. The molecule has 3 aromatic carbocycles. The number of benzene rings is 3. The summed E-state index contributed by atoms with van der Waals surface area (Å²) in [5.74, 6) is 1.19. The molecule has 1 amide bonds. The second kappa shape index (κ2) is 9.62. The van der Waals surface area contributed by atoms with Gasteiger partial charge in [0.1, 0.15) is 24.7 Å². The van der Waals surface area contributed by atoms with Crippen molar-refractivity contribution in [1.29, 1.82) is 0 Å². The summed E-state index contributed by atoms with van der Waals surface area (Å²) in [5, 5.41) is 3.52. The minimum atomic E-state index is -0.197. The van der Waals surface area contributed by atoms with Crippen LogP contribution in [0.5, 0.6) is 11.5 Å². The van der Waals surface area contributed by atoms with E-state index >= 15 is 0 Å². The topological polar surface area (TPSA) is 47.6 Å². The molecule has 0 bridgehead atoms. The van der Waals surface area contributed by atoms with Gasteiger partial charge in [0.15, 0.2) is 0 Å². The number of carbonyl (C=O) groups is 1. The van der Waals surface area contributed by atoms with Crippen molar-refractivity contribution in [3.8, 4) is 11.5 Å². The highest BCUT2D eigenvalue weighted by atomic mass is 35.5. The Labute approximate surface area is 169 Å². The van der Waals surface area contributed by atoms with Gasteiger partial charge in [-0.3, -0.25) is 4.79 Å². The second-order valence-corrected chi connectivity index (χ2v) is 6.39. The Kier molecular flexibility index (Phi) is 6.71. The highest BCUT2D eigenvalue weighted by Gasteiger charge is 2.07. The van der Waals surface area contributed by atoms with Crippen molar-refractivity contribution >= 4 is 23.2 Å². The maximum atomic E-state index is 12.4. The van der Waals surface area contributed by atoms with Crippen LogP contribution in [0.4, 0.5) is 5.69 Å². The van der Waals surface area contributed by atoms with Gasteiger partial charge in [-0.15, -0.1) is 0 Å². The Morgan fingerprint density at radius 1 is 0.929 bits per heavy atom. The van der Waals surface area contributed by atoms with Gasteiger partial charge in [-0.2, -0.15) is 0 Å². The molecule has 0 heterocycles. The molecule has 0 aromatic heterocycles. The zero-order chi connectivity index (χ0) is 19.8. The van der Waals surface area contributed by atoms with E-state index in [1.54, 1.807) is 54.6 Å². The zero-order valence-corrected chi connectivity index (χ0v) is 16.0. The summed E-state index contributed by atoms with van der Waals surface area (Å²) in [4.78, 5) is 12.4. The van der Waals surface area contributed by atoms with Gasteiger partial charge >= 0.3 is 0 Å². The van der Waals surface area contributed by atoms with Gasteiger partial charge in [-0.05, 0) is 54.6 Å². The monoisotopic (exact) mass is 393 g/mol. The average molecular weight is 394 g/mol. The number of halogens is 1. The summed E-state index contributed by atoms with van der Waals surface area (Å²) in [7, 11) is 0. The molecule has 0 saturated carbocycles. The van der Waals surface area contributed by atoms with Crippen LogP contribution in [0.2, 0.25) is 5.02 Å². The highest BCUT2D eigenvalue weighted by molar-refractivity contribution is 6.31. The molecule has 0 fully saturated rings. The SMILES string of the molecule is C=CCOc1ccc(NC(=O)c2ccc(OCc3ccccc3Cl)cc2)cc1. The van der Waals surface area contributed by atoms with Crippen LogP contribution in [0.15, 0.2) is 85.5 Å². The molecule has 3 aromatic rings. The first-order valence-electron chi connectivity index (χ1n) is 8.77. The van der Waals surface area contributed by atoms with Gasteiger partial charge in [0.05, 0.1) is 0 Å². The van der Waals surface area contributed by atoms with E-state index in [9.17, 15) is 4.79 Å². The predicted molar refractivity (Wildman–Crippen MR) is 112 cm³/mol. The molecule has 0 unspecified atom stereocenters. The molecule has 142 valence electrons. The fourth-order valence-corrected chi connectivity index (χ4v) is 2.66. The van der Waals surface area contributed by atoms with Gasteiger partial charge in [0.25, 0.3) is 5.91 Å². The van der Waals surface area contributed by atoms with E-state index in [1.807, 2.05) is 24.3 Å². The third-order valence-electron chi connectivity index (χ3n) is 3.95. The highest BCUT2D eigenvalue weighted by Crippen LogP contribution is 2.20. The molecule has 0 aliphatic heterocycles. The fraction of sp³-hybridized carbons (Fsp3) is 0.0870. The van der Waals surface area contributed by atoms with Crippen molar-refractivity contribution in [3.05, 3.63) is 102 Å². The Morgan fingerprint density at radius 3 is 2.25 bits per heavy atom. The molecule has 5 heteroatoms. The lowest BCUT2D eigenvalue weighted by Gasteiger charge is -2.09. The fourth-order valence-electron chi connectivity index (χ4n) is 2.47. The molecule has 1 N–H and O–H groups in total. The first-order chi connectivity index (χ1) is 13.7. The number of anilines is 1. The third kappa shape index (κ3) is 5.38. The Bertz CT molecular complexity index is 937. The molecule has 0 spiro atoms. The van der Waals surface area contributed by atoms with E-state index in [1.165, 1.54) is 0 Å². The molecule has 0 atom stereocenters. The summed E-state index contributed by atoms with van der Waals surface area (Å²) < 4.78 is 11.2. The van der Waals surface area contributed by atoms with Crippen molar-refractivity contribution in [1.82, 2.24) is 0 Å². The van der Waals surface area contributed by atoms with E-state index in [4.69, 9.17) is 21.1 Å². The van der Waals surface area contributed by atoms with Crippen LogP contribution in [0.1, 0.15) is 15.9 Å². The van der Waals surface area contributed by atoms with Gasteiger partial charge in [-0.1, -0.05) is 42.5 Å².